The molecule has 0 aliphatic rings. The summed E-state index contributed by atoms with van der Waals surface area (Å²) in [6.07, 6.45) is 1.50. The lowest BCUT2D eigenvalue weighted by Crippen LogP contribution is -2.34. The van der Waals surface area contributed by atoms with E-state index in [1.54, 1.807) is 20.8 Å². The summed E-state index contributed by atoms with van der Waals surface area (Å²) in [4.78, 5) is 11.2. The highest BCUT2D eigenvalue weighted by molar-refractivity contribution is 7.90. The Bertz CT molecular complexity index is 347. The van der Waals surface area contributed by atoms with Crippen LogP contribution in [0.3, 0.4) is 0 Å². The lowest BCUT2D eigenvalue weighted by atomic mass is 10.2. The molecule has 0 spiro atoms. The van der Waals surface area contributed by atoms with Gasteiger partial charge in [-0.2, -0.15) is 0 Å². The van der Waals surface area contributed by atoms with E-state index in [2.05, 4.69) is 10.6 Å². The van der Waals surface area contributed by atoms with E-state index in [9.17, 15) is 13.2 Å². The first-order valence-electron chi connectivity index (χ1n) is 5.95. The van der Waals surface area contributed by atoms with Gasteiger partial charge < -0.3 is 15.4 Å². The van der Waals surface area contributed by atoms with Gasteiger partial charge in [-0.1, -0.05) is 0 Å². The highest BCUT2D eigenvalue weighted by Gasteiger charge is 2.15. The number of carbonyl (C=O) groups is 1. The predicted octanol–water partition coefficient (Wildman–Crippen LogP) is 0.535. The van der Waals surface area contributed by atoms with E-state index in [1.807, 2.05) is 0 Å². The van der Waals surface area contributed by atoms with Crippen LogP contribution in [-0.4, -0.2) is 51.8 Å². The van der Waals surface area contributed by atoms with E-state index in [0.717, 1.165) is 6.42 Å². The van der Waals surface area contributed by atoms with Crippen LogP contribution in [0.15, 0.2) is 0 Å². The lowest BCUT2D eigenvalue weighted by Gasteiger charge is -2.19. The zero-order chi connectivity index (χ0) is 14.2. The third-order valence-corrected chi connectivity index (χ3v) is 2.79. The van der Waals surface area contributed by atoms with Crippen LogP contribution in [0, 0.1) is 0 Å². The van der Waals surface area contributed by atoms with Gasteiger partial charge in [0, 0.05) is 19.3 Å². The minimum absolute atomic E-state index is 0.131. The minimum Gasteiger partial charge on any atom is -0.444 e. The second kappa shape index (κ2) is 7.58. The molecule has 6 nitrogen and oxygen atoms in total. The van der Waals surface area contributed by atoms with Crippen LogP contribution in [0.5, 0.6) is 0 Å². The van der Waals surface area contributed by atoms with Crippen molar-refractivity contribution in [1.29, 1.82) is 0 Å². The van der Waals surface area contributed by atoms with Gasteiger partial charge in [-0.05, 0) is 33.7 Å². The molecule has 18 heavy (non-hydrogen) atoms. The molecule has 0 aliphatic carbocycles. The van der Waals surface area contributed by atoms with Gasteiger partial charge in [0.05, 0.1) is 5.75 Å². The maximum absolute atomic E-state index is 11.2. The van der Waals surface area contributed by atoms with Crippen LogP contribution >= 0.6 is 0 Å². The SMILES string of the molecule is CC(C)(C)OC(=O)NCCCNCCS(C)(=O)=O. The van der Waals surface area contributed by atoms with Crippen LogP contribution in [0.4, 0.5) is 4.79 Å². The fourth-order valence-electron chi connectivity index (χ4n) is 1.10. The summed E-state index contributed by atoms with van der Waals surface area (Å²) in [6, 6.07) is 0. The summed E-state index contributed by atoms with van der Waals surface area (Å²) in [5.41, 5.74) is -0.488. The smallest absolute Gasteiger partial charge is 0.407 e. The summed E-state index contributed by atoms with van der Waals surface area (Å²) in [7, 11) is -2.90. The molecule has 0 aromatic carbocycles. The van der Waals surface area contributed by atoms with Crippen LogP contribution in [0.2, 0.25) is 0 Å². The number of hydrogen-bond acceptors (Lipinski definition) is 5. The molecule has 0 heterocycles. The van der Waals surface area contributed by atoms with E-state index in [-0.39, 0.29) is 5.75 Å². The van der Waals surface area contributed by atoms with Crippen molar-refractivity contribution in [3.63, 3.8) is 0 Å². The molecular weight excluding hydrogens is 256 g/mol. The summed E-state index contributed by atoms with van der Waals surface area (Å²) < 4.78 is 26.7. The normalized spacial score (nSPS) is 12.2. The number of alkyl carbamates (subject to hydrolysis) is 1. The molecule has 108 valence electrons. The second-order valence-corrected chi connectivity index (χ2v) is 7.42. The number of carbonyl (C=O) groups excluding carboxylic acids is 1. The molecule has 0 bridgehead atoms. The van der Waals surface area contributed by atoms with E-state index < -0.39 is 21.5 Å². The summed E-state index contributed by atoms with van der Waals surface area (Å²) in [5, 5.41) is 5.62. The largest absolute Gasteiger partial charge is 0.444 e. The van der Waals surface area contributed by atoms with Gasteiger partial charge in [0.1, 0.15) is 15.4 Å². The molecule has 0 aromatic heterocycles. The molecule has 0 saturated heterocycles. The van der Waals surface area contributed by atoms with Crippen LogP contribution in [0.25, 0.3) is 0 Å². The molecule has 0 unspecified atom stereocenters. The molecule has 2 N–H and O–H groups in total. The summed E-state index contributed by atoms with van der Waals surface area (Å²) in [6.45, 7) is 7.01. The van der Waals surface area contributed by atoms with Crippen molar-refractivity contribution in [1.82, 2.24) is 10.6 Å². The molecule has 0 saturated carbocycles. The minimum atomic E-state index is -2.90. The first-order valence-corrected chi connectivity index (χ1v) is 8.01. The maximum Gasteiger partial charge on any atom is 0.407 e. The van der Waals surface area contributed by atoms with Crippen LogP contribution in [-0.2, 0) is 14.6 Å². The molecule has 0 radical (unpaired) electrons. The van der Waals surface area contributed by atoms with Crippen LogP contribution in [0.1, 0.15) is 27.2 Å². The number of nitrogens with one attached hydrogen (secondary N) is 2. The van der Waals surface area contributed by atoms with E-state index in [4.69, 9.17) is 4.74 Å². The van der Waals surface area contributed by atoms with Gasteiger partial charge in [0.25, 0.3) is 0 Å². The molecule has 0 aromatic rings. The Morgan fingerprint density at radius 3 is 2.28 bits per heavy atom. The third-order valence-electron chi connectivity index (χ3n) is 1.85. The highest BCUT2D eigenvalue weighted by atomic mass is 32.2. The zero-order valence-electron chi connectivity index (χ0n) is 11.6. The number of amides is 1. The van der Waals surface area contributed by atoms with Crippen molar-refractivity contribution in [2.75, 3.05) is 31.6 Å². The monoisotopic (exact) mass is 280 g/mol. The van der Waals surface area contributed by atoms with Gasteiger partial charge in [0.15, 0.2) is 0 Å². The topological polar surface area (TPSA) is 84.5 Å². The Hall–Kier alpha value is -0.820. The Kier molecular flexibility index (Phi) is 7.23. The number of sulfone groups is 1. The Morgan fingerprint density at radius 1 is 1.17 bits per heavy atom. The predicted molar refractivity (Wildman–Crippen MR) is 71.4 cm³/mol. The Morgan fingerprint density at radius 2 is 1.78 bits per heavy atom. The lowest BCUT2D eigenvalue weighted by molar-refractivity contribution is 0.0527. The molecule has 0 fully saturated rings. The van der Waals surface area contributed by atoms with Crippen molar-refractivity contribution in [2.45, 2.75) is 32.8 Å². The molecule has 0 rings (SSSR count). The maximum atomic E-state index is 11.2. The molecular formula is C11H24N2O4S. The quantitative estimate of drug-likeness (QED) is 0.665. The van der Waals surface area contributed by atoms with Gasteiger partial charge in [0.2, 0.25) is 0 Å². The number of hydrogen-bond donors (Lipinski definition) is 2. The first-order chi connectivity index (χ1) is 8.10. The van der Waals surface area contributed by atoms with Crippen molar-refractivity contribution in [3.05, 3.63) is 0 Å². The highest BCUT2D eigenvalue weighted by Crippen LogP contribution is 2.06. The molecule has 0 aliphatic heterocycles. The second-order valence-electron chi connectivity index (χ2n) is 5.16. The van der Waals surface area contributed by atoms with Crippen molar-refractivity contribution < 1.29 is 17.9 Å². The zero-order valence-corrected chi connectivity index (χ0v) is 12.4. The van der Waals surface area contributed by atoms with Gasteiger partial charge >= 0.3 is 6.09 Å². The van der Waals surface area contributed by atoms with E-state index >= 15 is 0 Å². The average Bonchev–Trinajstić information content (AvgIpc) is 2.11. The number of rotatable bonds is 7. The fraction of sp³-hybridized carbons (Fsp3) is 0.909. The van der Waals surface area contributed by atoms with E-state index in [0.29, 0.717) is 19.6 Å². The van der Waals surface area contributed by atoms with Gasteiger partial charge in [-0.15, -0.1) is 0 Å². The first kappa shape index (κ1) is 17.2. The Balaban J connectivity index is 3.44. The molecule has 1 amide bonds. The van der Waals surface area contributed by atoms with E-state index in [1.165, 1.54) is 6.26 Å². The summed E-state index contributed by atoms with van der Waals surface area (Å²) in [5.74, 6) is 0.131. The fourth-order valence-corrected chi connectivity index (χ4v) is 1.62. The third kappa shape index (κ3) is 13.2. The van der Waals surface area contributed by atoms with Crippen LogP contribution < -0.4 is 10.6 Å². The standard InChI is InChI=1S/C11H24N2O4S/c1-11(2,3)17-10(14)13-7-5-6-12-8-9-18(4,15)16/h12H,5-9H2,1-4H3,(H,13,14). The van der Waals surface area contributed by atoms with Gasteiger partial charge in [-0.25, -0.2) is 13.2 Å². The molecule has 7 heteroatoms. The van der Waals surface area contributed by atoms with Crippen molar-refractivity contribution in [2.24, 2.45) is 0 Å². The van der Waals surface area contributed by atoms with Gasteiger partial charge in [-0.3, -0.25) is 0 Å². The summed E-state index contributed by atoms with van der Waals surface area (Å²) >= 11 is 0. The average molecular weight is 280 g/mol. The van der Waals surface area contributed by atoms with Crippen molar-refractivity contribution in [3.8, 4) is 0 Å². The Labute approximate surface area is 109 Å². The number of ether oxygens (including phenoxy) is 1. The molecule has 0 atom stereocenters. The van der Waals surface area contributed by atoms with Crippen molar-refractivity contribution >= 4 is 15.9 Å².